The molecule has 7 heteroatoms. The first-order chi connectivity index (χ1) is 16.0. The van der Waals surface area contributed by atoms with Gasteiger partial charge in [-0.3, -0.25) is 9.78 Å². The van der Waals surface area contributed by atoms with Crippen LogP contribution < -0.4 is 10.2 Å². The number of hydrogen-bond acceptors (Lipinski definition) is 6. The number of carbonyl (C=O) groups excluding carboxylic acids is 2. The van der Waals surface area contributed by atoms with E-state index in [9.17, 15) is 9.59 Å². The van der Waals surface area contributed by atoms with Gasteiger partial charge in [0.2, 0.25) is 0 Å². The quantitative estimate of drug-likeness (QED) is 0.573. The fourth-order valence-electron chi connectivity index (χ4n) is 4.06. The largest absolute Gasteiger partial charge is 0.449 e. The normalized spacial score (nSPS) is 14.7. The Morgan fingerprint density at radius 1 is 1.12 bits per heavy atom. The number of morpholine rings is 1. The van der Waals surface area contributed by atoms with Crippen LogP contribution in [0.15, 0.2) is 48.5 Å². The van der Waals surface area contributed by atoms with Crippen molar-refractivity contribution in [3.8, 4) is 0 Å². The van der Waals surface area contributed by atoms with E-state index in [1.54, 1.807) is 6.92 Å². The van der Waals surface area contributed by atoms with E-state index in [2.05, 4.69) is 15.2 Å². The van der Waals surface area contributed by atoms with Crippen molar-refractivity contribution in [1.82, 2.24) is 4.98 Å². The molecule has 1 aromatic heterocycles. The predicted octanol–water partition coefficient (Wildman–Crippen LogP) is 4.13. The van der Waals surface area contributed by atoms with Crippen LogP contribution in [0.5, 0.6) is 0 Å². The average Bonchev–Trinajstić information content (AvgIpc) is 2.84. The number of anilines is 2. The highest BCUT2D eigenvalue weighted by Gasteiger charge is 2.24. The second-order valence-electron chi connectivity index (χ2n) is 8.11. The molecule has 1 amide bonds. The molecule has 1 aliphatic heterocycles. The molecule has 33 heavy (non-hydrogen) atoms. The Morgan fingerprint density at radius 3 is 2.52 bits per heavy atom. The fourth-order valence-corrected chi connectivity index (χ4v) is 4.06. The zero-order valence-electron chi connectivity index (χ0n) is 19.3. The summed E-state index contributed by atoms with van der Waals surface area (Å²) in [6.07, 6.45) is -0.249. The zero-order valence-corrected chi connectivity index (χ0v) is 19.3. The summed E-state index contributed by atoms with van der Waals surface area (Å²) in [4.78, 5) is 32.7. The molecule has 0 unspecified atom stereocenters. The van der Waals surface area contributed by atoms with Crippen LogP contribution >= 0.6 is 0 Å². The van der Waals surface area contributed by atoms with Gasteiger partial charge in [0.1, 0.15) is 0 Å². The van der Waals surface area contributed by atoms with Gasteiger partial charge in [-0.05, 0) is 56.2 Å². The van der Waals surface area contributed by atoms with E-state index in [-0.39, 0.29) is 5.91 Å². The van der Waals surface area contributed by atoms with Gasteiger partial charge < -0.3 is 19.7 Å². The molecule has 172 valence electrons. The number of fused-ring (bicyclic) bond motifs is 1. The van der Waals surface area contributed by atoms with Crippen molar-refractivity contribution in [2.45, 2.75) is 33.3 Å². The number of carbonyl (C=O) groups is 2. The average molecular weight is 448 g/mol. The Balaban J connectivity index is 1.45. The van der Waals surface area contributed by atoms with Crippen molar-refractivity contribution < 1.29 is 19.1 Å². The van der Waals surface area contributed by atoms with Gasteiger partial charge in [-0.25, -0.2) is 4.79 Å². The van der Waals surface area contributed by atoms with Gasteiger partial charge >= 0.3 is 5.97 Å². The number of ether oxygens (including phenoxy) is 2. The van der Waals surface area contributed by atoms with Crippen LogP contribution in [0.1, 0.15) is 35.5 Å². The van der Waals surface area contributed by atoms with Crippen molar-refractivity contribution in [3.05, 3.63) is 65.4 Å². The Kier molecular flexibility index (Phi) is 6.89. The van der Waals surface area contributed by atoms with E-state index in [4.69, 9.17) is 9.47 Å². The molecule has 7 nitrogen and oxygen atoms in total. The minimum Gasteiger partial charge on any atom is -0.449 e. The maximum Gasteiger partial charge on any atom is 0.339 e. The molecule has 4 rings (SSSR count). The molecule has 1 atom stereocenters. The highest BCUT2D eigenvalue weighted by molar-refractivity contribution is 6.06. The van der Waals surface area contributed by atoms with Gasteiger partial charge in [-0.2, -0.15) is 0 Å². The van der Waals surface area contributed by atoms with E-state index in [0.29, 0.717) is 30.9 Å². The van der Waals surface area contributed by atoms with E-state index < -0.39 is 12.1 Å². The van der Waals surface area contributed by atoms with E-state index in [1.165, 1.54) is 0 Å². The summed E-state index contributed by atoms with van der Waals surface area (Å²) >= 11 is 0. The van der Waals surface area contributed by atoms with Gasteiger partial charge in [0.05, 0.1) is 24.3 Å². The highest BCUT2D eigenvalue weighted by Crippen LogP contribution is 2.25. The lowest BCUT2D eigenvalue weighted by atomic mass is 10.0. The summed E-state index contributed by atoms with van der Waals surface area (Å²) in [5.74, 6) is -0.902. The Labute approximate surface area is 193 Å². The fraction of sp³-hybridized carbons (Fsp3) is 0.346. The highest BCUT2D eigenvalue weighted by atomic mass is 16.5. The number of nitrogens with one attached hydrogen (secondary N) is 1. The first-order valence-electron chi connectivity index (χ1n) is 11.3. The van der Waals surface area contributed by atoms with Crippen LogP contribution in [-0.4, -0.2) is 49.3 Å². The lowest BCUT2D eigenvalue weighted by Crippen LogP contribution is -2.36. The summed E-state index contributed by atoms with van der Waals surface area (Å²) in [5.41, 5.74) is 4.57. The topological polar surface area (TPSA) is 80.8 Å². The van der Waals surface area contributed by atoms with Crippen molar-refractivity contribution in [2.75, 3.05) is 36.5 Å². The van der Waals surface area contributed by atoms with Crippen LogP contribution in [0, 0.1) is 6.92 Å². The molecule has 2 heterocycles. The molecule has 0 bridgehead atoms. The number of amides is 1. The molecular formula is C26H29N3O4. The second kappa shape index (κ2) is 10.0. The Hall–Kier alpha value is -3.45. The number of rotatable bonds is 6. The third-order valence-electron chi connectivity index (χ3n) is 5.94. The third-order valence-corrected chi connectivity index (χ3v) is 5.94. The van der Waals surface area contributed by atoms with E-state index >= 15 is 0 Å². The minimum absolute atomic E-state index is 0.380. The Bertz CT molecular complexity index is 1150. The second-order valence-corrected chi connectivity index (χ2v) is 8.11. The van der Waals surface area contributed by atoms with Crippen LogP contribution in [0.25, 0.3) is 10.9 Å². The third kappa shape index (κ3) is 4.98. The molecule has 1 aliphatic rings. The van der Waals surface area contributed by atoms with Crippen LogP contribution in [-0.2, 0) is 20.7 Å². The number of aromatic nitrogens is 1. The summed E-state index contributed by atoms with van der Waals surface area (Å²) in [6.45, 7) is 8.58. The number of aryl methyl sites for hydroxylation is 1. The summed E-state index contributed by atoms with van der Waals surface area (Å²) < 4.78 is 11.0. The summed E-state index contributed by atoms with van der Waals surface area (Å²) in [5, 5.41) is 3.56. The lowest BCUT2D eigenvalue weighted by molar-refractivity contribution is -0.123. The van der Waals surface area contributed by atoms with Crippen molar-refractivity contribution in [3.63, 3.8) is 0 Å². The minimum atomic E-state index is -0.951. The zero-order chi connectivity index (χ0) is 23.4. The number of hydrogen-bond donors (Lipinski definition) is 1. The Morgan fingerprint density at radius 2 is 1.82 bits per heavy atom. The summed E-state index contributed by atoms with van der Waals surface area (Å²) in [6, 6.07) is 15.1. The van der Waals surface area contributed by atoms with Gasteiger partial charge in [-0.15, -0.1) is 0 Å². The molecule has 0 spiro atoms. The van der Waals surface area contributed by atoms with Gasteiger partial charge in [-0.1, -0.05) is 25.1 Å². The molecule has 3 aromatic rings. The summed E-state index contributed by atoms with van der Waals surface area (Å²) in [7, 11) is 0. The molecule has 1 fully saturated rings. The van der Waals surface area contributed by atoms with Gasteiger partial charge in [0.25, 0.3) is 5.91 Å². The standard InChI is InChI=1S/C26H29N3O4/c1-4-22-17(2)24(21-7-5-6-8-23(21)28-22)26(31)33-18(3)25(30)27-19-9-11-20(12-10-19)29-13-15-32-16-14-29/h5-12,18H,4,13-16H2,1-3H3,(H,27,30)/t18-/m0/s1. The number of nitrogens with zero attached hydrogens (tertiary/aromatic N) is 2. The SMILES string of the molecule is CCc1nc2ccccc2c(C(=O)O[C@@H](C)C(=O)Nc2ccc(N3CCOCC3)cc2)c1C. The number of esters is 1. The molecule has 0 radical (unpaired) electrons. The monoisotopic (exact) mass is 447 g/mol. The molecule has 0 saturated carbocycles. The first kappa shape index (κ1) is 22.7. The van der Waals surface area contributed by atoms with Gasteiger partial charge in [0.15, 0.2) is 6.10 Å². The van der Waals surface area contributed by atoms with Crippen molar-refractivity contribution >= 4 is 34.2 Å². The maximum absolute atomic E-state index is 13.1. The number of para-hydroxylation sites is 1. The molecule has 2 aromatic carbocycles. The lowest BCUT2D eigenvalue weighted by Gasteiger charge is -2.28. The van der Waals surface area contributed by atoms with Gasteiger partial charge in [0, 0.05) is 35.5 Å². The van der Waals surface area contributed by atoms with Crippen LogP contribution in [0.3, 0.4) is 0 Å². The van der Waals surface area contributed by atoms with Crippen molar-refractivity contribution in [2.24, 2.45) is 0 Å². The van der Waals surface area contributed by atoms with E-state index in [1.807, 2.05) is 62.4 Å². The van der Waals surface area contributed by atoms with E-state index in [0.717, 1.165) is 40.9 Å². The van der Waals surface area contributed by atoms with Crippen LogP contribution in [0.4, 0.5) is 11.4 Å². The first-order valence-corrected chi connectivity index (χ1v) is 11.3. The van der Waals surface area contributed by atoms with Crippen LogP contribution in [0.2, 0.25) is 0 Å². The molecule has 1 saturated heterocycles. The maximum atomic E-state index is 13.1. The smallest absolute Gasteiger partial charge is 0.339 e. The molecular weight excluding hydrogens is 418 g/mol. The molecule has 1 N–H and O–H groups in total. The predicted molar refractivity (Wildman–Crippen MR) is 129 cm³/mol. The number of pyridine rings is 1. The molecule has 0 aliphatic carbocycles. The van der Waals surface area contributed by atoms with Crippen molar-refractivity contribution in [1.29, 1.82) is 0 Å². The number of benzene rings is 2.